The minimum absolute atomic E-state index is 0.0515. The Morgan fingerprint density at radius 1 is 1.20 bits per heavy atom. The maximum atomic E-state index is 10.2. The van der Waals surface area contributed by atoms with Crippen molar-refractivity contribution in [2.45, 2.75) is 63.9 Å². The Morgan fingerprint density at radius 3 is 2.27 bits per heavy atom. The van der Waals surface area contributed by atoms with E-state index >= 15 is 0 Å². The van der Waals surface area contributed by atoms with Crippen LogP contribution in [0.1, 0.15) is 39.5 Å². The molecule has 1 saturated heterocycles. The van der Waals surface area contributed by atoms with E-state index < -0.39 is 6.10 Å². The summed E-state index contributed by atoms with van der Waals surface area (Å²) in [5.74, 6) is 0.436. The summed E-state index contributed by atoms with van der Waals surface area (Å²) in [5, 5.41) is 20.0. The van der Waals surface area contributed by atoms with Crippen molar-refractivity contribution in [2.75, 3.05) is 0 Å². The van der Waals surface area contributed by atoms with E-state index in [4.69, 9.17) is 4.74 Å². The van der Waals surface area contributed by atoms with Gasteiger partial charge in [-0.3, -0.25) is 0 Å². The van der Waals surface area contributed by atoms with Crippen molar-refractivity contribution >= 4 is 0 Å². The zero-order chi connectivity index (χ0) is 11.0. The molecule has 3 heteroatoms. The average molecular weight is 214 g/mol. The maximum Gasteiger partial charge on any atom is 0.0892 e. The highest BCUT2D eigenvalue weighted by atomic mass is 16.5. The van der Waals surface area contributed by atoms with Gasteiger partial charge < -0.3 is 14.9 Å². The van der Waals surface area contributed by atoms with Crippen molar-refractivity contribution in [1.82, 2.24) is 0 Å². The molecule has 0 radical (unpaired) electrons. The molecule has 2 fully saturated rings. The molecule has 3 nitrogen and oxygen atoms in total. The fraction of sp³-hybridized carbons (Fsp3) is 1.00. The lowest BCUT2D eigenvalue weighted by atomic mass is 9.88. The van der Waals surface area contributed by atoms with Gasteiger partial charge in [-0.15, -0.1) is 0 Å². The molecule has 5 atom stereocenters. The second kappa shape index (κ2) is 4.40. The van der Waals surface area contributed by atoms with E-state index in [0.717, 1.165) is 12.8 Å². The molecule has 15 heavy (non-hydrogen) atoms. The Kier molecular flexibility index (Phi) is 3.33. The minimum atomic E-state index is -0.425. The standard InChI is InChI=1S/C12H22O3/c1-7-10(13)8(2)15-12(7)11(14)9-5-3-4-6-9/h7-14H,3-6H2,1-2H3/t7-,8-,10+,11+,12-/m0/s1. The van der Waals surface area contributed by atoms with Crippen LogP contribution in [0.3, 0.4) is 0 Å². The van der Waals surface area contributed by atoms with Crippen molar-refractivity contribution in [2.24, 2.45) is 11.8 Å². The second-order valence-electron chi connectivity index (χ2n) is 5.19. The SMILES string of the molecule is C[C@H]1[C@@H](O)[C@H](C)O[C@@H]1[C@H](O)C1CCCC1. The molecule has 2 aliphatic rings. The van der Waals surface area contributed by atoms with Gasteiger partial charge >= 0.3 is 0 Å². The van der Waals surface area contributed by atoms with Crippen LogP contribution >= 0.6 is 0 Å². The van der Waals surface area contributed by atoms with Crippen LogP contribution in [0.4, 0.5) is 0 Å². The normalized spacial score (nSPS) is 44.8. The quantitative estimate of drug-likeness (QED) is 0.729. The third kappa shape index (κ3) is 2.05. The minimum Gasteiger partial charge on any atom is -0.390 e. The summed E-state index contributed by atoms with van der Waals surface area (Å²) < 4.78 is 5.66. The van der Waals surface area contributed by atoms with Crippen LogP contribution in [0.5, 0.6) is 0 Å². The van der Waals surface area contributed by atoms with Crippen LogP contribution in [0.15, 0.2) is 0 Å². The third-order valence-corrected chi connectivity index (χ3v) is 4.13. The number of aliphatic hydroxyl groups excluding tert-OH is 2. The highest BCUT2D eigenvalue weighted by Gasteiger charge is 2.44. The van der Waals surface area contributed by atoms with Gasteiger partial charge in [0.05, 0.1) is 24.4 Å². The molecule has 2 N–H and O–H groups in total. The summed E-state index contributed by atoms with van der Waals surface area (Å²) >= 11 is 0. The summed E-state index contributed by atoms with van der Waals surface area (Å²) in [5.41, 5.74) is 0. The average Bonchev–Trinajstić information content (AvgIpc) is 2.82. The zero-order valence-electron chi connectivity index (χ0n) is 9.60. The van der Waals surface area contributed by atoms with E-state index in [9.17, 15) is 10.2 Å². The highest BCUT2D eigenvalue weighted by molar-refractivity contribution is 4.92. The molecule has 2 rings (SSSR count). The van der Waals surface area contributed by atoms with Gasteiger partial charge in [0.2, 0.25) is 0 Å². The van der Waals surface area contributed by atoms with Gasteiger partial charge in [-0.05, 0) is 25.7 Å². The molecule has 1 saturated carbocycles. The first kappa shape index (κ1) is 11.4. The maximum absolute atomic E-state index is 10.2. The molecule has 0 spiro atoms. The molecule has 0 aromatic rings. The van der Waals surface area contributed by atoms with Crippen molar-refractivity contribution < 1.29 is 14.9 Å². The molecule has 1 aliphatic carbocycles. The van der Waals surface area contributed by atoms with Crippen LogP contribution in [0.25, 0.3) is 0 Å². The molecule has 0 amide bonds. The van der Waals surface area contributed by atoms with Crippen LogP contribution in [-0.2, 0) is 4.74 Å². The smallest absolute Gasteiger partial charge is 0.0892 e. The highest BCUT2D eigenvalue weighted by Crippen LogP contribution is 2.36. The lowest BCUT2D eigenvalue weighted by Gasteiger charge is -2.26. The van der Waals surface area contributed by atoms with Gasteiger partial charge in [0.15, 0.2) is 0 Å². The Hall–Kier alpha value is -0.120. The van der Waals surface area contributed by atoms with Crippen LogP contribution in [0, 0.1) is 11.8 Å². The molecule has 1 aliphatic heterocycles. The molecular formula is C12H22O3. The number of hydrogen-bond donors (Lipinski definition) is 2. The van der Waals surface area contributed by atoms with E-state index in [2.05, 4.69) is 0 Å². The Labute approximate surface area is 91.4 Å². The van der Waals surface area contributed by atoms with Crippen LogP contribution in [0.2, 0.25) is 0 Å². The Morgan fingerprint density at radius 2 is 1.80 bits per heavy atom. The molecule has 0 aromatic carbocycles. The summed E-state index contributed by atoms with van der Waals surface area (Å²) in [7, 11) is 0. The predicted molar refractivity (Wildman–Crippen MR) is 57.5 cm³/mol. The second-order valence-corrected chi connectivity index (χ2v) is 5.19. The molecular weight excluding hydrogens is 192 g/mol. The lowest BCUT2D eigenvalue weighted by Crippen LogP contribution is -2.37. The Balaban J connectivity index is 1.98. The monoisotopic (exact) mass is 214 g/mol. The fourth-order valence-electron chi connectivity index (χ4n) is 3.03. The van der Waals surface area contributed by atoms with Crippen LogP contribution in [-0.4, -0.2) is 34.6 Å². The van der Waals surface area contributed by atoms with Gasteiger partial charge in [-0.25, -0.2) is 0 Å². The van der Waals surface area contributed by atoms with Crippen molar-refractivity contribution in [3.05, 3.63) is 0 Å². The first-order valence-corrected chi connectivity index (χ1v) is 6.13. The van der Waals surface area contributed by atoms with E-state index in [-0.39, 0.29) is 24.2 Å². The van der Waals surface area contributed by atoms with Crippen molar-refractivity contribution in [1.29, 1.82) is 0 Å². The van der Waals surface area contributed by atoms with Gasteiger partial charge in [-0.1, -0.05) is 19.8 Å². The summed E-state index contributed by atoms with van der Waals surface area (Å²) in [4.78, 5) is 0. The van der Waals surface area contributed by atoms with E-state index in [0.29, 0.717) is 5.92 Å². The molecule has 88 valence electrons. The van der Waals surface area contributed by atoms with Crippen LogP contribution < -0.4 is 0 Å². The zero-order valence-corrected chi connectivity index (χ0v) is 9.60. The summed E-state index contributed by atoms with van der Waals surface area (Å²) in [6, 6.07) is 0. The predicted octanol–water partition coefficient (Wildman–Crippen LogP) is 1.32. The number of ether oxygens (including phenoxy) is 1. The molecule has 0 unspecified atom stereocenters. The van der Waals surface area contributed by atoms with Gasteiger partial charge in [0, 0.05) is 5.92 Å². The third-order valence-electron chi connectivity index (χ3n) is 4.13. The van der Waals surface area contributed by atoms with Gasteiger partial charge in [0.25, 0.3) is 0 Å². The first-order chi connectivity index (χ1) is 7.11. The fourth-order valence-corrected chi connectivity index (χ4v) is 3.03. The van der Waals surface area contributed by atoms with E-state index in [1.54, 1.807) is 0 Å². The van der Waals surface area contributed by atoms with E-state index in [1.807, 2.05) is 13.8 Å². The summed E-state index contributed by atoms with van der Waals surface area (Å²) in [6.45, 7) is 3.85. The van der Waals surface area contributed by atoms with Crippen molar-refractivity contribution in [3.63, 3.8) is 0 Å². The number of hydrogen-bond acceptors (Lipinski definition) is 3. The number of rotatable bonds is 2. The topological polar surface area (TPSA) is 49.7 Å². The largest absolute Gasteiger partial charge is 0.390 e. The molecule has 1 heterocycles. The lowest BCUT2D eigenvalue weighted by molar-refractivity contribution is -0.0646. The van der Waals surface area contributed by atoms with Crippen molar-refractivity contribution in [3.8, 4) is 0 Å². The molecule has 0 bridgehead atoms. The Bertz CT molecular complexity index is 213. The van der Waals surface area contributed by atoms with Gasteiger partial charge in [-0.2, -0.15) is 0 Å². The van der Waals surface area contributed by atoms with E-state index in [1.165, 1.54) is 12.8 Å². The van der Waals surface area contributed by atoms with Gasteiger partial charge in [0.1, 0.15) is 0 Å². The number of aliphatic hydroxyl groups is 2. The summed E-state index contributed by atoms with van der Waals surface area (Å²) in [6.07, 6.45) is 3.55. The molecule has 0 aromatic heterocycles. The first-order valence-electron chi connectivity index (χ1n) is 6.13.